The molecule has 0 aromatic carbocycles. The zero-order valence-corrected chi connectivity index (χ0v) is 11.0. The maximum Gasteiger partial charge on any atom is 0.308 e. The summed E-state index contributed by atoms with van der Waals surface area (Å²) in [5.41, 5.74) is 0. The minimum Gasteiger partial charge on any atom is -0.481 e. The maximum atomic E-state index is 11.1. The van der Waals surface area contributed by atoms with Crippen LogP contribution in [0.1, 0.15) is 12.8 Å². The van der Waals surface area contributed by atoms with E-state index in [1.165, 1.54) is 0 Å². The van der Waals surface area contributed by atoms with Gasteiger partial charge in [-0.3, -0.25) is 9.59 Å². The monoisotopic (exact) mass is 258 g/mol. The van der Waals surface area contributed by atoms with Gasteiger partial charge in [0, 0.05) is 6.54 Å². The van der Waals surface area contributed by atoms with Gasteiger partial charge < -0.3 is 20.0 Å². The van der Waals surface area contributed by atoms with Crippen molar-refractivity contribution >= 4 is 11.9 Å². The van der Waals surface area contributed by atoms with E-state index in [0.717, 1.165) is 19.5 Å². The summed E-state index contributed by atoms with van der Waals surface area (Å²) in [7, 11) is 3.99. The van der Waals surface area contributed by atoms with Gasteiger partial charge >= 0.3 is 11.9 Å². The molecule has 104 valence electrons. The van der Waals surface area contributed by atoms with Crippen molar-refractivity contribution in [2.24, 2.45) is 11.8 Å². The van der Waals surface area contributed by atoms with Gasteiger partial charge in [-0.15, -0.1) is 0 Å². The van der Waals surface area contributed by atoms with Crippen LogP contribution in [0.4, 0.5) is 0 Å². The molecule has 2 atom stereocenters. The summed E-state index contributed by atoms with van der Waals surface area (Å²) < 4.78 is 0. The number of piperidine rings is 1. The van der Waals surface area contributed by atoms with Gasteiger partial charge in [-0.2, -0.15) is 0 Å². The Balaban J connectivity index is 2.47. The van der Waals surface area contributed by atoms with Crippen LogP contribution in [0.25, 0.3) is 0 Å². The molecule has 1 aliphatic rings. The highest BCUT2D eigenvalue weighted by Crippen LogP contribution is 2.24. The zero-order valence-electron chi connectivity index (χ0n) is 11.0. The summed E-state index contributed by atoms with van der Waals surface area (Å²) in [4.78, 5) is 26.2. The first-order chi connectivity index (χ1) is 8.41. The first kappa shape index (κ1) is 14.9. The predicted molar refractivity (Wildman–Crippen MR) is 66.5 cm³/mol. The van der Waals surface area contributed by atoms with E-state index in [1.54, 1.807) is 0 Å². The molecule has 1 heterocycles. The average molecular weight is 258 g/mol. The van der Waals surface area contributed by atoms with Crippen LogP contribution in [0.3, 0.4) is 0 Å². The van der Waals surface area contributed by atoms with E-state index < -0.39 is 23.8 Å². The number of carboxylic acid groups (broad SMARTS) is 2. The molecule has 1 fully saturated rings. The zero-order chi connectivity index (χ0) is 13.7. The number of nitrogens with zero attached hydrogens (tertiary/aromatic N) is 2. The maximum absolute atomic E-state index is 11.1. The molecule has 1 aliphatic heterocycles. The molecular formula is C12H22N2O4. The number of aliphatic carboxylic acids is 2. The number of carbonyl (C=O) groups is 2. The lowest BCUT2D eigenvalue weighted by Gasteiger charge is -2.34. The third-order valence-corrected chi connectivity index (χ3v) is 3.41. The van der Waals surface area contributed by atoms with Crippen molar-refractivity contribution in [2.75, 3.05) is 40.3 Å². The summed E-state index contributed by atoms with van der Waals surface area (Å²) in [6.07, 6.45) is 1.39. The van der Waals surface area contributed by atoms with Gasteiger partial charge in [0.2, 0.25) is 0 Å². The van der Waals surface area contributed by atoms with E-state index >= 15 is 0 Å². The van der Waals surface area contributed by atoms with Crippen LogP contribution in [0, 0.1) is 11.8 Å². The Morgan fingerprint density at radius 2 is 1.83 bits per heavy atom. The molecule has 1 saturated heterocycles. The molecule has 6 nitrogen and oxygen atoms in total. The first-order valence-electron chi connectivity index (χ1n) is 6.24. The van der Waals surface area contributed by atoms with Gasteiger partial charge in [0.05, 0.1) is 11.8 Å². The van der Waals surface area contributed by atoms with Crippen molar-refractivity contribution in [2.45, 2.75) is 12.8 Å². The third-order valence-electron chi connectivity index (χ3n) is 3.41. The Morgan fingerprint density at radius 1 is 1.22 bits per heavy atom. The lowest BCUT2D eigenvalue weighted by Crippen LogP contribution is -2.46. The SMILES string of the molecule is CN(C)CCCN1CCC(C(=O)O)C(C(=O)O)C1. The fourth-order valence-electron chi connectivity index (χ4n) is 2.38. The van der Waals surface area contributed by atoms with Crippen molar-refractivity contribution in [3.8, 4) is 0 Å². The Kier molecular flexibility index (Phi) is 5.55. The van der Waals surface area contributed by atoms with Crippen molar-refractivity contribution in [3.63, 3.8) is 0 Å². The van der Waals surface area contributed by atoms with Gasteiger partial charge in [0.1, 0.15) is 0 Å². The molecule has 2 N–H and O–H groups in total. The van der Waals surface area contributed by atoms with E-state index in [0.29, 0.717) is 19.5 Å². The van der Waals surface area contributed by atoms with E-state index in [9.17, 15) is 9.59 Å². The highest BCUT2D eigenvalue weighted by molar-refractivity contribution is 5.80. The molecule has 2 unspecified atom stereocenters. The second kappa shape index (κ2) is 6.70. The lowest BCUT2D eigenvalue weighted by molar-refractivity contribution is -0.157. The summed E-state index contributed by atoms with van der Waals surface area (Å²) in [6.45, 7) is 2.80. The van der Waals surface area contributed by atoms with Crippen LogP contribution < -0.4 is 0 Å². The van der Waals surface area contributed by atoms with Gasteiger partial charge in [0.25, 0.3) is 0 Å². The lowest BCUT2D eigenvalue weighted by atomic mass is 9.85. The van der Waals surface area contributed by atoms with Gasteiger partial charge in [0.15, 0.2) is 0 Å². The van der Waals surface area contributed by atoms with Crippen LogP contribution in [0.2, 0.25) is 0 Å². The Labute approximate surface area is 107 Å². The van der Waals surface area contributed by atoms with Crippen LogP contribution in [-0.4, -0.2) is 72.2 Å². The smallest absolute Gasteiger partial charge is 0.308 e. The Hall–Kier alpha value is -1.14. The number of hydrogen-bond donors (Lipinski definition) is 2. The number of likely N-dealkylation sites (tertiary alicyclic amines) is 1. The number of hydrogen-bond acceptors (Lipinski definition) is 4. The summed E-state index contributed by atoms with van der Waals surface area (Å²) >= 11 is 0. The van der Waals surface area contributed by atoms with Crippen LogP contribution in [-0.2, 0) is 9.59 Å². The molecule has 0 bridgehead atoms. The molecule has 1 rings (SSSR count). The standard InChI is InChI=1S/C12H22N2O4/c1-13(2)5-3-6-14-7-4-9(11(15)16)10(8-14)12(17)18/h9-10H,3-8H2,1-2H3,(H,15,16)(H,17,18). The molecule has 6 heteroatoms. The second-order valence-electron chi connectivity index (χ2n) is 5.14. The van der Waals surface area contributed by atoms with Crippen LogP contribution >= 0.6 is 0 Å². The molecule has 0 saturated carbocycles. The minimum absolute atomic E-state index is 0.347. The average Bonchev–Trinajstić information content (AvgIpc) is 2.28. The highest BCUT2D eigenvalue weighted by Gasteiger charge is 2.38. The van der Waals surface area contributed by atoms with Gasteiger partial charge in [-0.25, -0.2) is 0 Å². The van der Waals surface area contributed by atoms with Gasteiger partial charge in [-0.1, -0.05) is 0 Å². The molecule has 0 aromatic rings. The fourth-order valence-corrected chi connectivity index (χ4v) is 2.38. The Bertz CT molecular complexity index is 306. The van der Waals surface area contributed by atoms with Crippen LogP contribution in [0.5, 0.6) is 0 Å². The topological polar surface area (TPSA) is 81.1 Å². The Morgan fingerprint density at radius 3 is 2.33 bits per heavy atom. The van der Waals surface area contributed by atoms with E-state index in [2.05, 4.69) is 9.80 Å². The third kappa shape index (κ3) is 4.27. The first-order valence-corrected chi connectivity index (χ1v) is 6.24. The normalized spacial score (nSPS) is 25.3. The number of carboxylic acids is 2. The predicted octanol–water partition coefficient (Wildman–Crippen LogP) is 0.0454. The molecule has 0 amide bonds. The van der Waals surface area contributed by atoms with Crippen LogP contribution in [0.15, 0.2) is 0 Å². The molecule has 0 aromatic heterocycles. The minimum atomic E-state index is -1.00. The molecular weight excluding hydrogens is 236 g/mol. The van der Waals surface area contributed by atoms with Crippen molar-refractivity contribution in [3.05, 3.63) is 0 Å². The summed E-state index contributed by atoms with van der Waals surface area (Å²) in [5.74, 6) is -3.52. The van der Waals surface area contributed by atoms with Crippen molar-refractivity contribution in [1.29, 1.82) is 0 Å². The molecule has 18 heavy (non-hydrogen) atoms. The second-order valence-corrected chi connectivity index (χ2v) is 5.14. The summed E-state index contributed by atoms with van der Waals surface area (Å²) in [6, 6.07) is 0. The number of rotatable bonds is 6. The van der Waals surface area contributed by atoms with E-state index in [1.807, 2.05) is 14.1 Å². The quantitative estimate of drug-likeness (QED) is 0.700. The van der Waals surface area contributed by atoms with Crippen molar-refractivity contribution < 1.29 is 19.8 Å². The summed E-state index contributed by atoms with van der Waals surface area (Å²) in [5, 5.41) is 18.1. The van der Waals surface area contributed by atoms with Crippen molar-refractivity contribution in [1.82, 2.24) is 9.80 Å². The van der Waals surface area contributed by atoms with E-state index in [-0.39, 0.29) is 0 Å². The van der Waals surface area contributed by atoms with Gasteiger partial charge in [-0.05, 0) is 46.6 Å². The van der Waals surface area contributed by atoms with E-state index in [4.69, 9.17) is 10.2 Å². The molecule has 0 aliphatic carbocycles. The largest absolute Gasteiger partial charge is 0.481 e. The molecule has 0 radical (unpaired) electrons. The fraction of sp³-hybridized carbons (Fsp3) is 0.833. The molecule has 0 spiro atoms. The highest BCUT2D eigenvalue weighted by atomic mass is 16.4.